The van der Waals surface area contributed by atoms with Gasteiger partial charge in [-0.3, -0.25) is 4.79 Å². The molecular weight excluding hydrogens is 285 g/mol. The van der Waals surface area contributed by atoms with Crippen LogP contribution in [0, 0.1) is 17.2 Å². The van der Waals surface area contributed by atoms with Gasteiger partial charge in [-0.05, 0) is 26.0 Å². The fourth-order valence-electron chi connectivity index (χ4n) is 1.78. The average Bonchev–Trinajstić information content (AvgIpc) is 2.42. The van der Waals surface area contributed by atoms with Gasteiger partial charge in [0, 0.05) is 13.1 Å². The number of carbonyl (C=O) groups is 1. The maximum absolute atomic E-state index is 12.7. The highest BCUT2D eigenvalue weighted by Gasteiger charge is 2.34. The molecule has 2 N–H and O–H groups in total. The molecule has 1 aromatic heterocycles. The molecule has 1 heterocycles. The molecule has 1 amide bonds. The number of pyridine rings is 1. The van der Waals surface area contributed by atoms with E-state index in [9.17, 15) is 18.0 Å². The zero-order chi connectivity index (χ0) is 16.2. The number of amides is 1. The van der Waals surface area contributed by atoms with Gasteiger partial charge in [0.2, 0.25) is 0 Å². The second-order valence-electron chi connectivity index (χ2n) is 4.50. The number of aromatic nitrogens is 1. The third kappa shape index (κ3) is 4.08. The van der Waals surface area contributed by atoms with Crippen molar-refractivity contribution in [1.29, 1.82) is 5.26 Å². The van der Waals surface area contributed by atoms with Crippen LogP contribution in [0.1, 0.15) is 29.9 Å². The van der Waals surface area contributed by atoms with E-state index in [0.29, 0.717) is 12.6 Å². The van der Waals surface area contributed by atoms with Crippen molar-refractivity contribution in [2.45, 2.75) is 20.0 Å². The first-order chi connectivity index (χ1) is 9.70. The number of anilines is 1. The second kappa shape index (κ2) is 6.43. The van der Waals surface area contributed by atoms with Crippen LogP contribution in [-0.2, 0) is 6.18 Å². The van der Waals surface area contributed by atoms with Crippen molar-refractivity contribution < 1.29 is 18.0 Å². The number of halogens is 3. The van der Waals surface area contributed by atoms with Crippen LogP contribution < -0.4 is 10.6 Å². The Morgan fingerprint density at radius 3 is 2.57 bits per heavy atom. The van der Waals surface area contributed by atoms with Crippen LogP contribution in [0.5, 0.6) is 0 Å². The number of carbonyl (C=O) groups excluding carboxylic acids is 1. The fraction of sp³-hybridized carbons (Fsp3) is 0.462. The van der Waals surface area contributed by atoms with Crippen LogP contribution in [0.15, 0.2) is 12.1 Å². The third-order valence-electron chi connectivity index (χ3n) is 2.83. The molecule has 0 aromatic carbocycles. The quantitative estimate of drug-likeness (QED) is 0.903. The zero-order valence-electron chi connectivity index (χ0n) is 11.6. The summed E-state index contributed by atoms with van der Waals surface area (Å²) in [6, 6.07) is 3.71. The summed E-state index contributed by atoms with van der Waals surface area (Å²) in [5, 5.41) is 8.82. The molecule has 0 bridgehead atoms. The molecule has 114 valence electrons. The van der Waals surface area contributed by atoms with Gasteiger partial charge in [-0.15, -0.1) is 0 Å². The Balaban J connectivity index is 3.34. The molecule has 0 fully saturated rings. The first kappa shape index (κ1) is 16.8. The van der Waals surface area contributed by atoms with Gasteiger partial charge in [-0.25, -0.2) is 4.98 Å². The number of nitrogens with two attached hydrogens (primary N) is 1. The zero-order valence-corrected chi connectivity index (χ0v) is 11.6. The summed E-state index contributed by atoms with van der Waals surface area (Å²) in [4.78, 5) is 16.3. The van der Waals surface area contributed by atoms with Gasteiger partial charge >= 0.3 is 6.18 Å². The minimum atomic E-state index is -4.62. The number of alkyl halides is 3. The van der Waals surface area contributed by atoms with E-state index in [4.69, 9.17) is 11.0 Å². The predicted octanol–water partition coefficient (Wildman–Crippen LogP) is 2.19. The van der Waals surface area contributed by atoms with Crippen molar-refractivity contribution >= 4 is 11.7 Å². The van der Waals surface area contributed by atoms with Crippen molar-refractivity contribution in [3.05, 3.63) is 23.4 Å². The first-order valence-electron chi connectivity index (χ1n) is 6.23. The Morgan fingerprint density at radius 1 is 1.52 bits per heavy atom. The van der Waals surface area contributed by atoms with E-state index in [0.717, 1.165) is 6.07 Å². The summed E-state index contributed by atoms with van der Waals surface area (Å²) in [7, 11) is 0. The molecule has 0 saturated carbocycles. The van der Waals surface area contributed by atoms with Crippen LogP contribution in [0.25, 0.3) is 0 Å². The molecular formula is C13H15F3N4O. The van der Waals surface area contributed by atoms with E-state index in [1.807, 2.05) is 6.07 Å². The maximum atomic E-state index is 12.7. The van der Waals surface area contributed by atoms with Gasteiger partial charge in [-0.2, -0.15) is 18.4 Å². The molecule has 0 saturated heterocycles. The standard InChI is InChI=1S/C13H15F3N4O/c1-3-20(7-8(2)6-17)12-9(11(18)21)4-5-10(19-12)13(14,15)16/h4-5,8H,3,7H2,1-2H3,(H2,18,21). The van der Waals surface area contributed by atoms with Gasteiger partial charge in [-0.1, -0.05) is 0 Å². The smallest absolute Gasteiger partial charge is 0.365 e. The van der Waals surface area contributed by atoms with Crippen LogP contribution in [0.3, 0.4) is 0 Å². The maximum Gasteiger partial charge on any atom is 0.433 e. The molecule has 1 unspecified atom stereocenters. The molecule has 0 aliphatic heterocycles. The van der Waals surface area contributed by atoms with Crippen molar-refractivity contribution in [3.63, 3.8) is 0 Å². The molecule has 0 aliphatic carbocycles. The van der Waals surface area contributed by atoms with Crippen LogP contribution in [0.4, 0.5) is 19.0 Å². The lowest BCUT2D eigenvalue weighted by atomic mass is 10.1. The number of rotatable bonds is 5. The van der Waals surface area contributed by atoms with Gasteiger partial charge < -0.3 is 10.6 Å². The Kier molecular flexibility index (Phi) is 5.13. The van der Waals surface area contributed by atoms with E-state index in [1.165, 1.54) is 4.90 Å². The number of nitrogens with zero attached hydrogens (tertiary/aromatic N) is 3. The van der Waals surface area contributed by atoms with Crippen LogP contribution in [-0.4, -0.2) is 24.0 Å². The van der Waals surface area contributed by atoms with E-state index < -0.39 is 23.7 Å². The Morgan fingerprint density at radius 2 is 2.14 bits per heavy atom. The van der Waals surface area contributed by atoms with Crippen molar-refractivity contribution in [2.75, 3.05) is 18.0 Å². The Labute approximate surface area is 120 Å². The molecule has 0 spiro atoms. The molecule has 0 radical (unpaired) electrons. The number of hydrogen-bond donors (Lipinski definition) is 1. The summed E-state index contributed by atoms with van der Waals surface area (Å²) in [5.74, 6) is -1.45. The molecule has 8 heteroatoms. The van der Waals surface area contributed by atoms with E-state index >= 15 is 0 Å². The number of nitriles is 1. The van der Waals surface area contributed by atoms with E-state index in [1.54, 1.807) is 13.8 Å². The number of primary amides is 1. The molecule has 1 rings (SSSR count). The van der Waals surface area contributed by atoms with E-state index in [2.05, 4.69) is 4.98 Å². The lowest BCUT2D eigenvalue weighted by molar-refractivity contribution is -0.141. The SMILES string of the molecule is CCN(CC(C)C#N)c1nc(C(F)(F)F)ccc1C(N)=O. The van der Waals surface area contributed by atoms with Gasteiger partial charge in [0.15, 0.2) is 0 Å². The normalized spacial score (nSPS) is 12.6. The summed E-state index contributed by atoms with van der Waals surface area (Å²) in [5.41, 5.74) is 3.97. The summed E-state index contributed by atoms with van der Waals surface area (Å²) < 4.78 is 38.2. The van der Waals surface area contributed by atoms with Gasteiger partial charge in [0.1, 0.15) is 11.5 Å². The molecule has 5 nitrogen and oxygen atoms in total. The van der Waals surface area contributed by atoms with E-state index in [-0.39, 0.29) is 17.9 Å². The molecule has 1 aromatic rings. The summed E-state index contributed by atoms with van der Waals surface area (Å²) in [6.45, 7) is 3.76. The second-order valence-corrected chi connectivity index (χ2v) is 4.50. The molecule has 1 atom stereocenters. The monoisotopic (exact) mass is 300 g/mol. The van der Waals surface area contributed by atoms with Crippen molar-refractivity contribution in [1.82, 2.24) is 4.98 Å². The molecule has 21 heavy (non-hydrogen) atoms. The minimum absolute atomic E-state index is 0.102. The highest BCUT2D eigenvalue weighted by atomic mass is 19.4. The Hall–Kier alpha value is -2.30. The third-order valence-corrected chi connectivity index (χ3v) is 2.83. The summed E-state index contributed by atoms with van der Waals surface area (Å²) >= 11 is 0. The number of hydrogen-bond acceptors (Lipinski definition) is 4. The summed E-state index contributed by atoms with van der Waals surface area (Å²) in [6.07, 6.45) is -4.62. The van der Waals surface area contributed by atoms with Crippen LogP contribution >= 0.6 is 0 Å². The first-order valence-corrected chi connectivity index (χ1v) is 6.23. The lowest BCUT2D eigenvalue weighted by Crippen LogP contribution is -2.32. The topological polar surface area (TPSA) is 83.0 Å². The van der Waals surface area contributed by atoms with Crippen LogP contribution in [0.2, 0.25) is 0 Å². The largest absolute Gasteiger partial charge is 0.433 e. The highest BCUT2D eigenvalue weighted by molar-refractivity contribution is 5.97. The average molecular weight is 300 g/mol. The van der Waals surface area contributed by atoms with Crippen molar-refractivity contribution in [3.8, 4) is 6.07 Å². The van der Waals surface area contributed by atoms with Gasteiger partial charge in [0.25, 0.3) is 5.91 Å². The molecule has 0 aliphatic rings. The van der Waals surface area contributed by atoms with Gasteiger partial charge in [0.05, 0.1) is 17.6 Å². The van der Waals surface area contributed by atoms with Crippen molar-refractivity contribution in [2.24, 2.45) is 11.7 Å². The predicted molar refractivity (Wildman–Crippen MR) is 70.4 cm³/mol. The minimum Gasteiger partial charge on any atom is -0.365 e. The fourth-order valence-corrected chi connectivity index (χ4v) is 1.78. The highest BCUT2D eigenvalue weighted by Crippen LogP contribution is 2.30. The Bertz CT molecular complexity index is 566. The lowest BCUT2D eigenvalue weighted by Gasteiger charge is -2.25.